The summed E-state index contributed by atoms with van der Waals surface area (Å²) in [5.74, 6) is 1.13. The van der Waals surface area contributed by atoms with Crippen molar-refractivity contribution >= 4 is 33.0 Å². The molecule has 180 valence electrons. The molecule has 1 aliphatic rings. The number of sulfonamides is 1. The highest BCUT2D eigenvalue weighted by atomic mass is 32.2. The van der Waals surface area contributed by atoms with Crippen molar-refractivity contribution in [3.05, 3.63) is 65.6 Å². The van der Waals surface area contributed by atoms with Crippen LogP contribution in [0.25, 0.3) is 0 Å². The number of morpholine rings is 1. The van der Waals surface area contributed by atoms with Gasteiger partial charge in [0.15, 0.2) is 0 Å². The lowest BCUT2D eigenvalue weighted by Crippen LogP contribution is -2.37. The summed E-state index contributed by atoms with van der Waals surface area (Å²) in [6.45, 7) is 5.56. The molecule has 3 aromatic rings. The smallest absolute Gasteiger partial charge is 0.264 e. The van der Waals surface area contributed by atoms with E-state index in [4.69, 9.17) is 13.9 Å². The van der Waals surface area contributed by atoms with Gasteiger partial charge >= 0.3 is 0 Å². The molecule has 0 atom stereocenters. The number of rotatable bonds is 7. The van der Waals surface area contributed by atoms with Gasteiger partial charge in [0, 0.05) is 18.8 Å². The van der Waals surface area contributed by atoms with Crippen LogP contribution in [0.1, 0.15) is 21.9 Å². The molecule has 1 fully saturated rings. The second-order valence-corrected chi connectivity index (χ2v) is 9.52. The number of hydrogen-bond acceptors (Lipinski definition) is 7. The van der Waals surface area contributed by atoms with Crippen molar-refractivity contribution in [1.82, 2.24) is 0 Å². The molecular formula is C24H27N3O6S. The predicted molar refractivity (Wildman–Crippen MR) is 129 cm³/mol. The maximum Gasteiger partial charge on any atom is 0.264 e. The van der Waals surface area contributed by atoms with Crippen LogP contribution < -0.4 is 19.7 Å². The number of nitrogens with one attached hydrogen (secondary N) is 2. The first kappa shape index (κ1) is 23.7. The lowest BCUT2D eigenvalue weighted by molar-refractivity contribution is 0.102. The predicted octanol–water partition coefficient (Wildman–Crippen LogP) is 3.79. The molecule has 10 heteroatoms. The molecule has 9 nitrogen and oxygen atoms in total. The van der Waals surface area contributed by atoms with Gasteiger partial charge in [-0.15, -0.1) is 0 Å². The maximum atomic E-state index is 13.5. The number of methoxy groups -OCH3 is 1. The maximum absolute atomic E-state index is 13.5. The number of aryl methyl sites for hydroxylation is 2. The molecule has 1 aliphatic heterocycles. The standard InChI is InChI=1S/C24H27N3O6S/c1-16-14-19(17(2)33-16)24(28)25-18-8-9-21(27-10-12-32-13-11-27)23(15-18)34(29,30)26-20-6-4-5-7-22(20)31-3/h4-9,14-15,26H,10-13H2,1-3H3,(H,25,28). The van der Waals surface area contributed by atoms with Crippen molar-refractivity contribution in [3.63, 3.8) is 0 Å². The van der Waals surface area contributed by atoms with Gasteiger partial charge in [0.1, 0.15) is 22.2 Å². The normalized spacial score (nSPS) is 14.0. The first-order valence-corrected chi connectivity index (χ1v) is 12.3. The van der Waals surface area contributed by atoms with E-state index in [0.29, 0.717) is 66.2 Å². The second kappa shape index (κ2) is 9.78. The summed E-state index contributed by atoms with van der Waals surface area (Å²) in [7, 11) is -2.56. The van der Waals surface area contributed by atoms with Crippen LogP contribution in [0.4, 0.5) is 17.1 Å². The van der Waals surface area contributed by atoms with Crippen LogP contribution in [0, 0.1) is 13.8 Å². The van der Waals surface area contributed by atoms with Gasteiger partial charge in [-0.3, -0.25) is 9.52 Å². The number of amides is 1. The Morgan fingerprint density at radius 2 is 1.79 bits per heavy atom. The molecule has 34 heavy (non-hydrogen) atoms. The molecule has 1 aromatic heterocycles. The number of hydrogen-bond donors (Lipinski definition) is 2. The lowest BCUT2D eigenvalue weighted by Gasteiger charge is -2.30. The van der Waals surface area contributed by atoms with Crippen molar-refractivity contribution in [2.45, 2.75) is 18.7 Å². The average molecular weight is 486 g/mol. The molecule has 4 rings (SSSR count). The van der Waals surface area contributed by atoms with E-state index < -0.39 is 10.0 Å². The van der Waals surface area contributed by atoms with Gasteiger partial charge in [0.25, 0.3) is 15.9 Å². The number of ether oxygens (including phenoxy) is 2. The summed E-state index contributed by atoms with van der Waals surface area (Å²) in [5, 5.41) is 2.78. The van der Waals surface area contributed by atoms with E-state index in [-0.39, 0.29) is 10.8 Å². The topological polar surface area (TPSA) is 110 Å². The number of carbonyl (C=O) groups excluding carboxylic acids is 1. The fraction of sp³-hybridized carbons (Fsp3) is 0.292. The van der Waals surface area contributed by atoms with E-state index in [1.54, 1.807) is 56.3 Å². The Labute approximate surface area is 198 Å². The van der Waals surface area contributed by atoms with Gasteiger partial charge in [-0.2, -0.15) is 0 Å². The van der Waals surface area contributed by atoms with Crippen LogP contribution in [-0.2, 0) is 14.8 Å². The molecule has 2 aromatic carbocycles. The summed E-state index contributed by atoms with van der Waals surface area (Å²) in [4.78, 5) is 14.8. The number of nitrogens with zero attached hydrogens (tertiary/aromatic N) is 1. The summed E-state index contributed by atoms with van der Waals surface area (Å²) < 4.78 is 45.9. The quantitative estimate of drug-likeness (QED) is 0.524. The third-order valence-electron chi connectivity index (χ3n) is 5.50. The van der Waals surface area contributed by atoms with Crippen molar-refractivity contribution in [2.75, 3.05) is 48.4 Å². The number of anilines is 3. The highest BCUT2D eigenvalue weighted by molar-refractivity contribution is 7.93. The van der Waals surface area contributed by atoms with Gasteiger partial charge in [-0.25, -0.2) is 8.42 Å². The Morgan fingerprint density at radius 3 is 2.47 bits per heavy atom. The minimum absolute atomic E-state index is 0.0400. The van der Waals surface area contributed by atoms with Gasteiger partial charge in [-0.1, -0.05) is 12.1 Å². The number of carbonyl (C=O) groups is 1. The van der Waals surface area contributed by atoms with Crippen molar-refractivity contribution in [3.8, 4) is 5.75 Å². The largest absolute Gasteiger partial charge is 0.495 e. The minimum Gasteiger partial charge on any atom is -0.495 e. The summed E-state index contributed by atoms with van der Waals surface area (Å²) in [5.41, 5.74) is 1.59. The molecule has 1 saturated heterocycles. The van der Waals surface area contributed by atoms with Crippen LogP contribution in [0.2, 0.25) is 0 Å². The highest BCUT2D eigenvalue weighted by Crippen LogP contribution is 2.33. The van der Waals surface area contributed by atoms with Crippen LogP contribution in [-0.4, -0.2) is 47.7 Å². The van der Waals surface area contributed by atoms with E-state index in [9.17, 15) is 13.2 Å². The fourth-order valence-corrected chi connectivity index (χ4v) is 5.18. The second-order valence-electron chi connectivity index (χ2n) is 7.87. The van der Waals surface area contributed by atoms with Crippen LogP contribution in [0.15, 0.2) is 57.8 Å². The van der Waals surface area contributed by atoms with Gasteiger partial charge < -0.3 is 24.1 Å². The molecule has 0 bridgehead atoms. The monoisotopic (exact) mass is 485 g/mol. The minimum atomic E-state index is -4.04. The van der Waals surface area contributed by atoms with E-state index in [2.05, 4.69) is 10.0 Å². The first-order valence-electron chi connectivity index (χ1n) is 10.8. The number of para-hydroxylation sites is 2. The van der Waals surface area contributed by atoms with E-state index in [1.165, 1.54) is 13.2 Å². The summed E-state index contributed by atoms with van der Waals surface area (Å²) >= 11 is 0. The Bertz CT molecular complexity index is 1300. The average Bonchev–Trinajstić information content (AvgIpc) is 3.17. The molecule has 2 N–H and O–H groups in total. The van der Waals surface area contributed by atoms with Gasteiger partial charge in [0.2, 0.25) is 0 Å². The Morgan fingerprint density at radius 1 is 1.06 bits per heavy atom. The third-order valence-corrected chi connectivity index (χ3v) is 6.89. The van der Waals surface area contributed by atoms with Crippen LogP contribution in [0.3, 0.4) is 0 Å². The zero-order chi connectivity index (χ0) is 24.3. The Balaban J connectivity index is 1.71. The van der Waals surface area contributed by atoms with E-state index in [1.807, 2.05) is 4.90 Å². The molecule has 0 radical (unpaired) electrons. The molecule has 0 unspecified atom stereocenters. The van der Waals surface area contributed by atoms with E-state index in [0.717, 1.165) is 0 Å². The highest BCUT2D eigenvalue weighted by Gasteiger charge is 2.26. The fourth-order valence-electron chi connectivity index (χ4n) is 3.86. The molecule has 0 aliphatic carbocycles. The van der Waals surface area contributed by atoms with Gasteiger partial charge in [-0.05, 0) is 50.2 Å². The van der Waals surface area contributed by atoms with Crippen LogP contribution >= 0.6 is 0 Å². The van der Waals surface area contributed by atoms with E-state index >= 15 is 0 Å². The Hall–Kier alpha value is -3.50. The summed E-state index contributed by atoms with van der Waals surface area (Å²) in [6.07, 6.45) is 0. The zero-order valence-electron chi connectivity index (χ0n) is 19.3. The van der Waals surface area contributed by atoms with Crippen LogP contribution in [0.5, 0.6) is 5.75 Å². The lowest BCUT2D eigenvalue weighted by atomic mass is 10.2. The van der Waals surface area contributed by atoms with Gasteiger partial charge in [0.05, 0.1) is 37.3 Å². The summed E-state index contributed by atoms with van der Waals surface area (Å²) in [6, 6.07) is 13.3. The Kier molecular flexibility index (Phi) is 6.80. The first-order chi connectivity index (χ1) is 16.3. The molecular weight excluding hydrogens is 458 g/mol. The number of benzene rings is 2. The molecule has 0 saturated carbocycles. The molecule has 2 heterocycles. The molecule has 0 spiro atoms. The molecule has 1 amide bonds. The SMILES string of the molecule is COc1ccccc1NS(=O)(=O)c1cc(NC(=O)c2cc(C)oc2C)ccc1N1CCOCC1. The van der Waals surface area contributed by atoms with Crippen molar-refractivity contribution < 1.29 is 27.1 Å². The number of furan rings is 1. The third kappa shape index (κ3) is 5.02. The van der Waals surface area contributed by atoms with Crippen molar-refractivity contribution in [2.24, 2.45) is 0 Å². The zero-order valence-corrected chi connectivity index (χ0v) is 20.1. The van der Waals surface area contributed by atoms with Crippen molar-refractivity contribution in [1.29, 1.82) is 0 Å².